The lowest BCUT2D eigenvalue weighted by molar-refractivity contribution is -0.142. The third kappa shape index (κ3) is 17.1. The lowest BCUT2D eigenvalue weighted by Gasteiger charge is -2.31. The third-order valence-corrected chi connectivity index (χ3v) is 9.54. The molecule has 23 heteroatoms. The Labute approximate surface area is 352 Å². The van der Waals surface area contributed by atoms with Crippen LogP contribution in [0.1, 0.15) is 53.0 Å². The van der Waals surface area contributed by atoms with E-state index in [0.29, 0.717) is 12.0 Å². The van der Waals surface area contributed by atoms with Crippen molar-refractivity contribution >= 4 is 65.9 Å². The first-order valence-corrected chi connectivity index (χ1v) is 19.6. The average molecular weight is 871 g/mol. The Morgan fingerprint density at radius 1 is 0.617 bits per heavy atom. The number of aliphatic hydroxyl groups is 3. The van der Waals surface area contributed by atoms with Crippen LogP contribution in [-0.4, -0.2) is 152 Å². The summed E-state index contributed by atoms with van der Waals surface area (Å²) in [6.07, 6.45) is -2.19. The number of hydrogen-bond acceptors (Lipinski definition) is 14. The van der Waals surface area contributed by atoms with Gasteiger partial charge in [0.15, 0.2) is 0 Å². The Bertz CT molecular complexity index is 1650. The number of aliphatic carboxylic acids is 2. The molecule has 1 rings (SSSR count). The zero-order chi connectivity index (χ0) is 45.9. The maximum atomic E-state index is 13.8. The number of amides is 7. The maximum absolute atomic E-state index is 13.8. The fraction of sp³-hybridized carbons (Fsp3) is 0.595. The van der Waals surface area contributed by atoms with Crippen molar-refractivity contribution in [2.45, 2.75) is 108 Å². The van der Waals surface area contributed by atoms with E-state index in [0.717, 1.165) is 0 Å². The van der Waals surface area contributed by atoms with Gasteiger partial charge in [0, 0.05) is 12.2 Å². The van der Waals surface area contributed by atoms with E-state index in [4.69, 9.17) is 10.8 Å². The van der Waals surface area contributed by atoms with Crippen LogP contribution in [0.5, 0.6) is 0 Å². The molecular formula is C37H58N8O14S. The van der Waals surface area contributed by atoms with Crippen LogP contribution >= 0.6 is 12.6 Å². The number of nitrogens with two attached hydrogens (primary N) is 1. The Hall–Kier alpha value is -5.36. The van der Waals surface area contributed by atoms with Gasteiger partial charge in [0.05, 0.1) is 31.8 Å². The van der Waals surface area contributed by atoms with Crippen LogP contribution < -0.4 is 43.0 Å². The van der Waals surface area contributed by atoms with Crippen LogP contribution in [0.15, 0.2) is 30.3 Å². The lowest BCUT2D eigenvalue weighted by Crippen LogP contribution is -2.63. The highest BCUT2D eigenvalue weighted by molar-refractivity contribution is 7.80. The highest BCUT2D eigenvalue weighted by Crippen LogP contribution is 2.12. The standard InChI is InChI=1S/C37H58N8O14S/c1-6-18(4)28(44-34(55)27(17(2)3)43-30(51)21(38)13-26(49)50)35(56)45-29(19(5)48)36(57)39-22(12-20-10-8-7-9-11-20)31(52)40-23(14-46)32(53)41-24(15-47)33(54)42-25(16-60)37(58)59/h7-11,17-19,21-25,27-29,46-48,60H,6,12-16,38H2,1-5H3,(H,39,57)(H,40,52)(H,41,53)(H,42,54)(H,43,51)(H,44,55)(H,45,56)(H,49,50)(H,58,59)/t18-,19+,21-,22-,23-,24-,25-,27-,28-,29-/m0/s1. The molecular weight excluding hydrogens is 813 g/mol. The van der Waals surface area contributed by atoms with Crippen LogP contribution in [-0.2, 0) is 49.6 Å². The Morgan fingerprint density at radius 3 is 1.48 bits per heavy atom. The number of thiol groups is 1. The number of nitrogens with one attached hydrogen (secondary N) is 7. The molecule has 0 aliphatic carbocycles. The quantitative estimate of drug-likeness (QED) is 0.0390. The zero-order valence-electron chi connectivity index (χ0n) is 33.9. The van der Waals surface area contributed by atoms with Gasteiger partial charge in [0.2, 0.25) is 41.4 Å². The van der Waals surface area contributed by atoms with Crippen LogP contribution in [0.25, 0.3) is 0 Å². The summed E-state index contributed by atoms with van der Waals surface area (Å²) in [5.74, 6) is -11.3. The molecule has 7 amide bonds. The molecule has 22 nitrogen and oxygen atoms in total. The van der Waals surface area contributed by atoms with Crippen molar-refractivity contribution in [1.82, 2.24) is 37.2 Å². The predicted octanol–water partition coefficient (Wildman–Crippen LogP) is -4.49. The van der Waals surface area contributed by atoms with Gasteiger partial charge in [0.25, 0.3) is 0 Å². The molecule has 0 fully saturated rings. The summed E-state index contributed by atoms with van der Waals surface area (Å²) < 4.78 is 0. The summed E-state index contributed by atoms with van der Waals surface area (Å²) in [6, 6.07) is -4.09. The van der Waals surface area contributed by atoms with Gasteiger partial charge in [-0.1, -0.05) is 64.4 Å². The SMILES string of the molecule is CC[C@H](C)[C@H](NC(=O)[C@@H](NC(=O)[C@@H](N)CC(=O)O)C(C)C)C(=O)N[C@H](C(=O)N[C@@H](Cc1ccccc1)C(=O)N[C@@H](CO)C(=O)N[C@@H](CO)C(=O)N[C@@H](CS)C(=O)O)[C@@H](C)O. The van der Waals surface area contributed by atoms with Gasteiger partial charge >= 0.3 is 11.9 Å². The fourth-order valence-corrected chi connectivity index (χ4v) is 5.63. The van der Waals surface area contributed by atoms with E-state index in [-0.39, 0.29) is 12.2 Å². The molecule has 336 valence electrons. The summed E-state index contributed by atoms with van der Waals surface area (Å²) in [6.45, 7) is 5.64. The Balaban J connectivity index is 3.33. The number of rotatable bonds is 26. The molecule has 60 heavy (non-hydrogen) atoms. The molecule has 0 spiro atoms. The van der Waals surface area contributed by atoms with E-state index >= 15 is 0 Å². The minimum Gasteiger partial charge on any atom is -0.481 e. The van der Waals surface area contributed by atoms with Crippen molar-refractivity contribution in [3.8, 4) is 0 Å². The first-order valence-electron chi connectivity index (χ1n) is 19.0. The van der Waals surface area contributed by atoms with E-state index in [1.165, 1.54) is 6.92 Å². The second kappa shape index (κ2) is 26.0. The van der Waals surface area contributed by atoms with Crippen LogP contribution in [0.2, 0.25) is 0 Å². The second-order valence-corrected chi connectivity index (χ2v) is 14.7. The summed E-state index contributed by atoms with van der Waals surface area (Å²) in [4.78, 5) is 115. The number of carboxylic acid groups (broad SMARTS) is 2. The summed E-state index contributed by atoms with van der Waals surface area (Å²) >= 11 is 3.83. The molecule has 0 aliphatic heterocycles. The first kappa shape index (κ1) is 52.7. The van der Waals surface area contributed by atoms with Crippen molar-refractivity contribution in [1.29, 1.82) is 0 Å². The summed E-state index contributed by atoms with van der Waals surface area (Å²) in [5.41, 5.74) is 6.16. The minimum absolute atomic E-state index is 0.218. The van der Waals surface area contributed by atoms with Gasteiger partial charge in [-0.05, 0) is 24.3 Å². The topological polar surface area (TPSA) is 365 Å². The number of aliphatic hydroxyl groups excluding tert-OH is 3. The minimum atomic E-state index is -1.77. The molecule has 0 unspecified atom stereocenters. The smallest absolute Gasteiger partial charge is 0.327 e. The average Bonchev–Trinajstić information content (AvgIpc) is 3.19. The fourth-order valence-electron chi connectivity index (χ4n) is 5.38. The van der Waals surface area contributed by atoms with Gasteiger partial charge < -0.3 is 68.5 Å². The van der Waals surface area contributed by atoms with E-state index < -0.39 is 139 Å². The highest BCUT2D eigenvalue weighted by Gasteiger charge is 2.37. The van der Waals surface area contributed by atoms with E-state index in [1.807, 2.05) is 0 Å². The first-order chi connectivity index (χ1) is 28.1. The summed E-state index contributed by atoms with van der Waals surface area (Å²) in [5, 5.41) is 64.8. The molecule has 1 aromatic rings. The van der Waals surface area contributed by atoms with E-state index in [9.17, 15) is 63.6 Å². The molecule has 0 radical (unpaired) electrons. The molecule has 0 heterocycles. The van der Waals surface area contributed by atoms with Crippen molar-refractivity contribution in [3.05, 3.63) is 35.9 Å². The van der Waals surface area contributed by atoms with Crippen LogP contribution in [0.3, 0.4) is 0 Å². The predicted molar refractivity (Wildman–Crippen MR) is 216 cm³/mol. The normalized spacial score (nSPS) is 16.1. The molecule has 0 aromatic heterocycles. The second-order valence-electron chi connectivity index (χ2n) is 14.4. The number of carboxylic acids is 2. The van der Waals surface area contributed by atoms with Gasteiger partial charge in [-0.25, -0.2) is 4.79 Å². The monoisotopic (exact) mass is 870 g/mol. The zero-order valence-corrected chi connectivity index (χ0v) is 34.8. The molecule has 1 aromatic carbocycles. The molecule has 0 saturated heterocycles. The largest absolute Gasteiger partial charge is 0.481 e. The van der Waals surface area contributed by atoms with E-state index in [1.54, 1.807) is 58.0 Å². The Kier molecular flexibility index (Phi) is 22.8. The van der Waals surface area contributed by atoms with Crippen LogP contribution in [0.4, 0.5) is 0 Å². The molecule has 14 N–H and O–H groups in total. The third-order valence-electron chi connectivity index (χ3n) is 9.18. The van der Waals surface area contributed by atoms with Crippen LogP contribution in [0, 0.1) is 11.8 Å². The van der Waals surface area contributed by atoms with E-state index in [2.05, 4.69) is 49.8 Å². The number of hydrogen-bond donors (Lipinski definition) is 14. The number of carbonyl (C=O) groups excluding carboxylic acids is 7. The van der Waals surface area contributed by atoms with Crippen molar-refractivity contribution < 1.29 is 68.7 Å². The lowest BCUT2D eigenvalue weighted by atomic mass is 9.95. The summed E-state index contributed by atoms with van der Waals surface area (Å²) in [7, 11) is 0. The molecule has 0 saturated carbocycles. The molecule has 10 atom stereocenters. The van der Waals surface area contributed by atoms with Crippen molar-refractivity contribution in [2.24, 2.45) is 17.6 Å². The Morgan fingerprint density at radius 2 is 1.05 bits per heavy atom. The van der Waals surface area contributed by atoms with Gasteiger partial charge in [-0.2, -0.15) is 12.6 Å². The van der Waals surface area contributed by atoms with Gasteiger partial charge in [-0.15, -0.1) is 0 Å². The van der Waals surface area contributed by atoms with Gasteiger partial charge in [-0.3, -0.25) is 38.4 Å². The van der Waals surface area contributed by atoms with Crippen molar-refractivity contribution in [2.75, 3.05) is 19.0 Å². The van der Waals surface area contributed by atoms with Gasteiger partial charge in [0.1, 0.15) is 42.3 Å². The molecule has 0 bridgehead atoms. The number of benzene rings is 1. The molecule has 0 aliphatic rings. The number of carbonyl (C=O) groups is 9. The highest BCUT2D eigenvalue weighted by atomic mass is 32.1. The maximum Gasteiger partial charge on any atom is 0.327 e. The van der Waals surface area contributed by atoms with Crippen molar-refractivity contribution in [3.63, 3.8) is 0 Å².